The van der Waals surface area contributed by atoms with Gasteiger partial charge in [0.05, 0.1) is 16.4 Å². The van der Waals surface area contributed by atoms with Crippen LogP contribution in [0.15, 0.2) is 60.7 Å². The minimum atomic E-state index is -0.148. The number of carbonyl (C=O) groups excluding carboxylic acids is 1. The number of benzene rings is 2. The lowest BCUT2D eigenvalue weighted by molar-refractivity contribution is 0.0929. The highest BCUT2D eigenvalue weighted by Gasteiger charge is 2.20. The second-order valence-corrected chi connectivity index (χ2v) is 8.09. The number of aromatic nitrogens is 2. The van der Waals surface area contributed by atoms with Crippen molar-refractivity contribution in [1.82, 2.24) is 20.0 Å². The lowest BCUT2D eigenvalue weighted by Crippen LogP contribution is -2.34. The van der Waals surface area contributed by atoms with Crippen molar-refractivity contribution in [2.45, 2.75) is 39.7 Å². The summed E-state index contributed by atoms with van der Waals surface area (Å²) >= 11 is 6.42. The van der Waals surface area contributed by atoms with Gasteiger partial charge in [0.25, 0.3) is 5.91 Å². The maximum Gasteiger partial charge on any atom is 0.270 e. The molecule has 0 aliphatic carbocycles. The first-order valence-corrected chi connectivity index (χ1v) is 11.3. The Kier molecular flexibility index (Phi) is 8.27. The number of nitrogens with one attached hydrogen (secondary N) is 1. The third kappa shape index (κ3) is 5.96. The van der Waals surface area contributed by atoms with Crippen molar-refractivity contribution in [1.29, 1.82) is 0 Å². The van der Waals surface area contributed by atoms with Crippen molar-refractivity contribution < 1.29 is 4.79 Å². The van der Waals surface area contributed by atoms with E-state index in [2.05, 4.69) is 31.0 Å². The van der Waals surface area contributed by atoms with E-state index >= 15 is 0 Å². The molecule has 0 aliphatic rings. The fourth-order valence-corrected chi connectivity index (χ4v) is 3.85. The van der Waals surface area contributed by atoms with Gasteiger partial charge in [-0.05, 0) is 57.6 Å². The van der Waals surface area contributed by atoms with Crippen LogP contribution < -0.4 is 5.32 Å². The first kappa shape index (κ1) is 23.0. The van der Waals surface area contributed by atoms with Crippen molar-refractivity contribution >= 4 is 17.5 Å². The van der Waals surface area contributed by atoms with Gasteiger partial charge in [-0.25, -0.2) is 4.68 Å². The number of para-hydroxylation sites is 1. The van der Waals surface area contributed by atoms with Crippen LogP contribution in [0.25, 0.3) is 16.9 Å². The summed E-state index contributed by atoms with van der Waals surface area (Å²) in [6, 6.07) is 19.2. The highest BCUT2D eigenvalue weighted by atomic mass is 35.5. The summed E-state index contributed by atoms with van der Waals surface area (Å²) in [4.78, 5) is 15.6. The van der Waals surface area contributed by atoms with Crippen LogP contribution in [0.5, 0.6) is 0 Å². The Hall–Kier alpha value is -2.63. The van der Waals surface area contributed by atoms with Gasteiger partial charge in [-0.2, -0.15) is 5.10 Å². The van der Waals surface area contributed by atoms with Crippen molar-refractivity contribution in [3.8, 4) is 16.9 Å². The van der Waals surface area contributed by atoms with Gasteiger partial charge in [-0.3, -0.25) is 4.79 Å². The second-order valence-electron chi connectivity index (χ2n) is 7.69. The lowest BCUT2D eigenvalue weighted by atomic mass is 10.1. The zero-order valence-electron chi connectivity index (χ0n) is 18.5. The molecule has 31 heavy (non-hydrogen) atoms. The Labute approximate surface area is 190 Å². The predicted molar refractivity (Wildman–Crippen MR) is 128 cm³/mol. The van der Waals surface area contributed by atoms with E-state index in [9.17, 15) is 4.79 Å². The van der Waals surface area contributed by atoms with E-state index < -0.39 is 0 Å². The number of hydrogen-bond acceptors (Lipinski definition) is 3. The molecule has 1 unspecified atom stereocenters. The zero-order chi connectivity index (χ0) is 22.2. The van der Waals surface area contributed by atoms with Crippen LogP contribution in [-0.4, -0.2) is 46.3 Å². The summed E-state index contributed by atoms with van der Waals surface area (Å²) in [6.07, 6.45) is 1.97. The van der Waals surface area contributed by atoms with Gasteiger partial charge >= 0.3 is 0 Å². The van der Waals surface area contributed by atoms with E-state index in [1.54, 1.807) is 10.7 Å². The smallest absolute Gasteiger partial charge is 0.270 e. The van der Waals surface area contributed by atoms with Crippen LogP contribution >= 0.6 is 11.6 Å². The molecule has 0 saturated heterocycles. The van der Waals surface area contributed by atoms with E-state index in [1.807, 2.05) is 54.6 Å². The Bertz CT molecular complexity index is 982. The molecule has 3 rings (SSSR count). The number of halogens is 1. The molecular formula is C25H31ClN4O. The second kappa shape index (κ2) is 11.1. The number of carbonyl (C=O) groups is 1. The standard InChI is InChI=1S/C25H31ClN4O/c1-4-29(5-2)17-11-12-19(3)27-25(31)24-18-22(20-13-7-6-8-14-20)28-30(24)23-16-10-9-15-21(23)26/h6-10,13-16,18-19H,4-5,11-12,17H2,1-3H3,(H,27,31). The van der Waals surface area contributed by atoms with Crippen LogP contribution in [0, 0.1) is 0 Å². The molecule has 164 valence electrons. The summed E-state index contributed by atoms with van der Waals surface area (Å²) in [5, 5.41) is 8.40. The highest BCUT2D eigenvalue weighted by Crippen LogP contribution is 2.25. The minimum absolute atomic E-state index is 0.0674. The van der Waals surface area contributed by atoms with Crippen molar-refractivity contribution in [3.05, 3.63) is 71.4 Å². The van der Waals surface area contributed by atoms with Gasteiger partial charge in [0, 0.05) is 11.6 Å². The van der Waals surface area contributed by atoms with Gasteiger partial charge in [0.2, 0.25) is 0 Å². The van der Waals surface area contributed by atoms with Crippen molar-refractivity contribution in [2.24, 2.45) is 0 Å². The van der Waals surface area contributed by atoms with Gasteiger partial charge in [0.1, 0.15) is 5.69 Å². The Morgan fingerprint density at radius 1 is 1.10 bits per heavy atom. The molecule has 0 spiro atoms. The normalized spacial score (nSPS) is 12.2. The maximum absolute atomic E-state index is 13.2. The molecule has 1 amide bonds. The van der Waals surface area contributed by atoms with Crippen LogP contribution in [0.1, 0.15) is 44.1 Å². The van der Waals surface area contributed by atoms with E-state index in [0.29, 0.717) is 16.4 Å². The zero-order valence-corrected chi connectivity index (χ0v) is 19.3. The third-order valence-electron chi connectivity index (χ3n) is 5.48. The highest BCUT2D eigenvalue weighted by molar-refractivity contribution is 6.32. The summed E-state index contributed by atoms with van der Waals surface area (Å²) in [5.41, 5.74) is 2.85. The van der Waals surface area contributed by atoms with Gasteiger partial charge in [-0.15, -0.1) is 0 Å². The molecule has 0 fully saturated rings. The van der Waals surface area contributed by atoms with Gasteiger partial charge in [-0.1, -0.05) is 67.9 Å². The molecule has 1 N–H and O–H groups in total. The van der Waals surface area contributed by atoms with Crippen molar-refractivity contribution in [2.75, 3.05) is 19.6 Å². The topological polar surface area (TPSA) is 50.2 Å². The molecule has 1 aromatic heterocycles. The van der Waals surface area contributed by atoms with Crippen LogP contribution in [-0.2, 0) is 0 Å². The minimum Gasteiger partial charge on any atom is -0.348 e. The molecule has 0 saturated carbocycles. The number of amides is 1. The molecule has 2 aromatic carbocycles. The van der Waals surface area contributed by atoms with E-state index in [-0.39, 0.29) is 11.9 Å². The van der Waals surface area contributed by atoms with Crippen LogP contribution in [0.2, 0.25) is 5.02 Å². The molecule has 0 bridgehead atoms. The maximum atomic E-state index is 13.2. The number of rotatable bonds is 10. The van der Waals surface area contributed by atoms with Gasteiger partial charge < -0.3 is 10.2 Å². The summed E-state index contributed by atoms with van der Waals surface area (Å²) in [7, 11) is 0. The van der Waals surface area contributed by atoms with E-state index in [4.69, 9.17) is 16.7 Å². The molecule has 1 heterocycles. The molecule has 6 heteroatoms. The number of nitrogens with zero attached hydrogens (tertiary/aromatic N) is 3. The fourth-order valence-electron chi connectivity index (χ4n) is 3.63. The Morgan fingerprint density at radius 2 is 1.77 bits per heavy atom. The third-order valence-corrected chi connectivity index (χ3v) is 5.80. The first-order chi connectivity index (χ1) is 15.0. The average Bonchev–Trinajstić information content (AvgIpc) is 3.23. The monoisotopic (exact) mass is 438 g/mol. The molecule has 0 radical (unpaired) electrons. The molecule has 0 aliphatic heterocycles. The first-order valence-electron chi connectivity index (χ1n) is 11.0. The molecule has 3 aromatic rings. The largest absolute Gasteiger partial charge is 0.348 e. The fraction of sp³-hybridized carbons (Fsp3) is 0.360. The average molecular weight is 439 g/mol. The van der Waals surface area contributed by atoms with Crippen LogP contribution in [0.3, 0.4) is 0 Å². The van der Waals surface area contributed by atoms with E-state index in [1.165, 1.54) is 0 Å². The molecule has 5 nitrogen and oxygen atoms in total. The van der Waals surface area contributed by atoms with Gasteiger partial charge in [0.15, 0.2) is 0 Å². The predicted octanol–water partition coefficient (Wildman–Crippen LogP) is 5.43. The summed E-state index contributed by atoms with van der Waals surface area (Å²) in [5.74, 6) is -0.148. The lowest BCUT2D eigenvalue weighted by Gasteiger charge is -2.20. The molecular weight excluding hydrogens is 408 g/mol. The van der Waals surface area contributed by atoms with Crippen LogP contribution in [0.4, 0.5) is 0 Å². The van der Waals surface area contributed by atoms with E-state index in [0.717, 1.165) is 43.7 Å². The van der Waals surface area contributed by atoms with Crippen molar-refractivity contribution in [3.63, 3.8) is 0 Å². The SMILES string of the molecule is CCN(CC)CCCC(C)NC(=O)c1cc(-c2ccccc2)nn1-c1ccccc1Cl. The summed E-state index contributed by atoms with van der Waals surface area (Å²) in [6.45, 7) is 9.55. The quantitative estimate of drug-likeness (QED) is 0.459. The Morgan fingerprint density at radius 3 is 2.45 bits per heavy atom. The summed E-state index contributed by atoms with van der Waals surface area (Å²) < 4.78 is 1.64. The molecule has 1 atom stereocenters. The Balaban J connectivity index is 1.81. The number of hydrogen-bond donors (Lipinski definition) is 1.